The predicted molar refractivity (Wildman–Crippen MR) is 61.5 cm³/mol. The van der Waals surface area contributed by atoms with Crippen LogP contribution < -0.4 is 5.32 Å². The Labute approximate surface area is 98.5 Å². The number of nitrogens with one attached hydrogen (secondary N) is 1. The standard InChI is InChI=1S/C11H11ClN2O2/c1-2-9(11(15)16)14-10-5-7(6-13)3-4-8(10)12/h3-5,9,14H,2H2,1H3,(H,15,16). The molecule has 1 rings (SSSR count). The molecule has 4 nitrogen and oxygen atoms in total. The Morgan fingerprint density at radius 3 is 2.88 bits per heavy atom. The highest BCUT2D eigenvalue weighted by atomic mass is 35.5. The number of benzene rings is 1. The highest BCUT2D eigenvalue weighted by molar-refractivity contribution is 6.33. The van der Waals surface area contributed by atoms with Crippen molar-refractivity contribution in [1.29, 1.82) is 5.26 Å². The molecule has 16 heavy (non-hydrogen) atoms. The van der Waals surface area contributed by atoms with E-state index in [9.17, 15) is 4.79 Å². The molecular weight excluding hydrogens is 228 g/mol. The molecule has 0 amide bonds. The summed E-state index contributed by atoms with van der Waals surface area (Å²) in [6.07, 6.45) is 0.433. The molecule has 0 aliphatic carbocycles. The quantitative estimate of drug-likeness (QED) is 0.845. The second-order valence-electron chi connectivity index (χ2n) is 3.25. The molecule has 0 radical (unpaired) electrons. The summed E-state index contributed by atoms with van der Waals surface area (Å²) in [5.41, 5.74) is 0.905. The number of nitrogens with zero attached hydrogens (tertiary/aromatic N) is 1. The summed E-state index contributed by atoms with van der Waals surface area (Å²) in [4.78, 5) is 10.8. The Hall–Kier alpha value is -1.73. The van der Waals surface area contributed by atoms with Crippen LogP contribution in [-0.2, 0) is 4.79 Å². The molecule has 0 heterocycles. The Bertz CT molecular complexity index is 440. The minimum absolute atomic E-state index is 0.402. The third-order valence-electron chi connectivity index (χ3n) is 2.13. The van der Waals surface area contributed by atoms with E-state index in [0.29, 0.717) is 22.7 Å². The van der Waals surface area contributed by atoms with E-state index in [-0.39, 0.29) is 0 Å². The fourth-order valence-electron chi connectivity index (χ4n) is 1.23. The number of rotatable bonds is 4. The van der Waals surface area contributed by atoms with Crippen LogP contribution in [0, 0.1) is 11.3 Å². The fourth-order valence-corrected chi connectivity index (χ4v) is 1.40. The van der Waals surface area contributed by atoms with Crippen molar-refractivity contribution in [3.63, 3.8) is 0 Å². The minimum Gasteiger partial charge on any atom is -0.480 e. The van der Waals surface area contributed by atoms with Gasteiger partial charge in [0.1, 0.15) is 6.04 Å². The normalized spacial score (nSPS) is 11.6. The number of hydrogen-bond donors (Lipinski definition) is 2. The molecule has 0 aromatic heterocycles. The number of hydrogen-bond acceptors (Lipinski definition) is 3. The molecule has 1 aromatic rings. The monoisotopic (exact) mass is 238 g/mol. The lowest BCUT2D eigenvalue weighted by Crippen LogP contribution is -2.28. The molecule has 1 atom stereocenters. The molecule has 0 spiro atoms. The van der Waals surface area contributed by atoms with Crippen molar-refractivity contribution in [3.05, 3.63) is 28.8 Å². The molecule has 2 N–H and O–H groups in total. The molecular formula is C11H11ClN2O2. The molecule has 0 saturated heterocycles. The molecule has 84 valence electrons. The van der Waals surface area contributed by atoms with Crippen LogP contribution in [0.3, 0.4) is 0 Å². The number of carboxylic acid groups (broad SMARTS) is 1. The van der Waals surface area contributed by atoms with Crippen LogP contribution in [-0.4, -0.2) is 17.1 Å². The lowest BCUT2D eigenvalue weighted by Gasteiger charge is -2.14. The number of nitriles is 1. The van der Waals surface area contributed by atoms with Crippen LogP contribution in [0.2, 0.25) is 5.02 Å². The van der Waals surface area contributed by atoms with Crippen molar-refractivity contribution in [2.45, 2.75) is 19.4 Å². The van der Waals surface area contributed by atoms with E-state index in [4.69, 9.17) is 22.0 Å². The van der Waals surface area contributed by atoms with Crippen LogP contribution in [0.25, 0.3) is 0 Å². The Morgan fingerprint density at radius 2 is 2.38 bits per heavy atom. The summed E-state index contributed by atoms with van der Waals surface area (Å²) >= 11 is 5.89. The van der Waals surface area contributed by atoms with E-state index in [2.05, 4.69) is 5.32 Å². The molecule has 0 fully saturated rings. The maximum atomic E-state index is 10.8. The van der Waals surface area contributed by atoms with E-state index < -0.39 is 12.0 Å². The van der Waals surface area contributed by atoms with Crippen molar-refractivity contribution < 1.29 is 9.90 Å². The first kappa shape index (κ1) is 12.3. The van der Waals surface area contributed by atoms with Gasteiger partial charge in [0.2, 0.25) is 0 Å². The number of carboxylic acids is 1. The van der Waals surface area contributed by atoms with Gasteiger partial charge in [-0.3, -0.25) is 0 Å². The zero-order valence-corrected chi connectivity index (χ0v) is 9.45. The maximum absolute atomic E-state index is 10.8. The fraction of sp³-hybridized carbons (Fsp3) is 0.273. The lowest BCUT2D eigenvalue weighted by atomic mass is 10.1. The van der Waals surface area contributed by atoms with Crippen LogP contribution >= 0.6 is 11.6 Å². The maximum Gasteiger partial charge on any atom is 0.326 e. The Balaban J connectivity index is 2.96. The third-order valence-corrected chi connectivity index (χ3v) is 2.46. The second-order valence-corrected chi connectivity index (χ2v) is 3.66. The predicted octanol–water partition coefficient (Wildman–Crippen LogP) is 2.49. The van der Waals surface area contributed by atoms with Crippen LogP contribution in [0.1, 0.15) is 18.9 Å². The van der Waals surface area contributed by atoms with Crippen LogP contribution in [0.15, 0.2) is 18.2 Å². The highest BCUT2D eigenvalue weighted by Gasteiger charge is 2.15. The molecule has 0 aliphatic heterocycles. The van der Waals surface area contributed by atoms with Gasteiger partial charge in [0.05, 0.1) is 22.3 Å². The molecule has 5 heteroatoms. The lowest BCUT2D eigenvalue weighted by molar-refractivity contribution is -0.137. The largest absolute Gasteiger partial charge is 0.480 e. The van der Waals surface area contributed by atoms with Gasteiger partial charge in [0, 0.05) is 0 Å². The van der Waals surface area contributed by atoms with Crippen molar-refractivity contribution in [2.75, 3.05) is 5.32 Å². The zero-order valence-electron chi connectivity index (χ0n) is 8.70. The molecule has 1 unspecified atom stereocenters. The molecule has 0 aliphatic rings. The third kappa shape index (κ3) is 2.88. The van der Waals surface area contributed by atoms with Gasteiger partial charge in [-0.1, -0.05) is 18.5 Å². The summed E-state index contributed by atoms with van der Waals surface area (Å²) < 4.78 is 0. The number of anilines is 1. The van der Waals surface area contributed by atoms with E-state index >= 15 is 0 Å². The first-order valence-electron chi connectivity index (χ1n) is 4.77. The number of carbonyl (C=O) groups is 1. The first-order chi connectivity index (χ1) is 7.58. The summed E-state index contributed by atoms with van der Waals surface area (Å²) in [6.45, 7) is 1.76. The van der Waals surface area contributed by atoms with E-state index in [0.717, 1.165) is 0 Å². The zero-order chi connectivity index (χ0) is 12.1. The smallest absolute Gasteiger partial charge is 0.326 e. The van der Waals surface area contributed by atoms with Gasteiger partial charge in [0.15, 0.2) is 0 Å². The highest BCUT2D eigenvalue weighted by Crippen LogP contribution is 2.23. The SMILES string of the molecule is CCC(Nc1cc(C#N)ccc1Cl)C(=O)O. The van der Waals surface area contributed by atoms with Crippen LogP contribution in [0.5, 0.6) is 0 Å². The molecule has 1 aromatic carbocycles. The van der Waals surface area contributed by atoms with Crippen molar-refractivity contribution in [1.82, 2.24) is 0 Å². The second kappa shape index (κ2) is 5.38. The first-order valence-corrected chi connectivity index (χ1v) is 5.15. The van der Waals surface area contributed by atoms with E-state index in [1.54, 1.807) is 19.1 Å². The van der Waals surface area contributed by atoms with Gasteiger partial charge in [-0.05, 0) is 24.6 Å². The number of halogens is 1. The average Bonchev–Trinajstić information content (AvgIpc) is 2.27. The van der Waals surface area contributed by atoms with Gasteiger partial charge in [-0.2, -0.15) is 5.26 Å². The molecule has 0 bridgehead atoms. The number of aliphatic carboxylic acids is 1. The van der Waals surface area contributed by atoms with Gasteiger partial charge in [0.25, 0.3) is 0 Å². The average molecular weight is 239 g/mol. The van der Waals surface area contributed by atoms with Gasteiger partial charge >= 0.3 is 5.97 Å². The van der Waals surface area contributed by atoms with Crippen molar-refractivity contribution in [3.8, 4) is 6.07 Å². The van der Waals surface area contributed by atoms with Gasteiger partial charge < -0.3 is 10.4 Å². The minimum atomic E-state index is -0.944. The van der Waals surface area contributed by atoms with Crippen molar-refractivity contribution >= 4 is 23.3 Å². The Morgan fingerprint density at radius 1 is 1.69 bits per heavy atom. The topological polar surface area (TPSA) is 73.1 Å². The van der Waals surface area contributed by atoms with Gasteiger partial charge in [-0.25, -0.2) is 4.79 Å². The van der Waals surface area contributed by atoms with Crippen LogP contribution in [0.4, 0.5) is 5.69 Å². The van der Waals surface area contributed by atoms with Crippen molar-refractivity contribution in [2.24, 2.45) is 0 Å². The molecule has 0 saturated carbocycles. The van der Waals surface area contributed by atoms with E-state index in [1.807, 2.05) is 6.07 Å². The summed E-state index contributed by atoms with van der Waals surface area (Å²) in [6, 6.07) is 5.95. The summed E-state index contributed by atoms with van der Waals surface area (Å²) in [5.74, 6) is -0.944. The Kier molecular flexibility index (Phi) is 4.15. The summed E-state index contributed by atoms with van der Waals surface area (Å²) in [5, 5.41) is 20.8. The van der Waals surface area contributed by atoms with Gasteiger partial charge in [-0.15, -0.1) is 0 Å². The van der Waals surface area contributed by atoms with E-state index in [1.165, 1.54) is 6.07 Å². The summed E-state index contributed by atoms with van der Waals surface area (Å²) in [7, 11) is 0.